The van der Waals surface area contributed by atoms with E-state index in [9.17, 15) is 0 Å². The number of unbranched alkanes of at least 4 members (excludes halogenated alkanes) is 10. The van der Waals surface area contributed by atoms with Gasteiger partial charge in [-0.15, -0.1) is 0 Å². The highest BCUT2D eigenvalue weighted by atomic mass is 14.6. The summed E-state index contributed by atoms with van der Waals surface area (Å²) in [6.45, 7) is 3.15. The maximum absolute atomic E-state index is 5.63. The summed E-state index contributed by atoms with van der Waals surface area (Å²) in [7, 11) is 0. The van der Waals surface area contributed by atoms with Crippen LogP contribution in [0.3, 0.4) is 0 Å². The summed E-state index contributed by atoms with van der Waals surface area (Å²) in [5.41, 5.74) is 11.1. The van der Waals surface area contributed by atoms with Crippen molar-refractivity contribution in [2.24, 2.45) is 11.5 Å². The minimum absolute atomic E-state index is 0.536. The first kappa shape index (κ1) is 20.9. The molecular weight excluding hydrogens is 256 g/mol. The molecule has 0 radical (unpaired) electrons. The molecule has 21 heavy (non-hydrogen) atoms. The molecule has 2 nitrogen and oxygen atoms in total. The van der Waals surface area contributed by atoms with E-state index >= 15 is 0 Å². The van der Waals surface area contributed by atoms with Crippen molar-refractivity contribution in [1.29, 1.82) is 0 Å². The van der Waals surface area contributed by atoms with Gasteiger partial charge in [-0.3, -0.25) is 0 Å². The Morgan fingerprint density at radius 1 is 0.667 bits per heavy atom. The monoisotopic (exact) mass is 298 g/mol. The molecule has 0 aromatic rings. The third-order valence-corrected chi connectivity index (χ3v) is 4.46. The van der Waals surface area contributed by atoms with Gasteiger partial charge >= 0.3 is 0 Å². The molecule has 0 aromatic heterocycles. The Morgan fingerprint density at radius 3 is 1.43 bits per heavy atom. The molecule has 0 saturated heterocycles. The molecule has 0 heterocycles. The third-order valence-electron chi connectivity index (χ3n) is 4.46. The first-order valence-electron chi connectivity index (χ1n) is 9.77. The van der Waals surface area contributed by atoms with Crippen molar-refractivity contribution in [1.82, 2.24) is 0 Å². The lowest BCUT2D eigenvalue weighted by Gasteiger charge is -2.15. The second-order valence-electron chi connectivity index (χ2n) is 6.72. The Labute approximate surface area is 134 Å². The Morgan fingerprint density at radius 2 is 1.10 bits per heavy atom. The molecule has 0 unspecified atom stereocenters. The zero-order valence-electron chi connectivity index (χ0n) is 14.8. The Kier molecular flexibility index (Phi) is 17.9. The van der Waals surface area contributed by atoms with Gasteiger partial charge in [-0.1, -0.05) is 90.4 Å². The summed E-state index contributed by atoms with van der Waals surface area (Å²) < 4.78 is 0. The van der Waals surface area contributed by atoms with Crippen LogP contribution in [0.1, 0.15) is 110 Å². The van der Waals surface area contributed by atoms with E-state index in [0.29, 0.717) is 6.04 Å². The van der Waals surface area contributed by atoms with Crippen LogP contribution in [0, 0.1) is 0 Å². The van der Waals surface area contributed by atoms with E-state index < -0.39 is 0 Å². The van der Waals surface area contributed by atoms with Crippen molar-refractivity contribution in [3.63, 3.8) is 0 Å². The van der Waals surface area contributed by atoms with Gasteiger partial charge in [0.05, 0.1) is 0 Å². The molecule has 1 fully saturated rings. The van der Waals surface area contributed by atoms with Gasteiger partial charge in [-0.25, -0.2) is 0 Å². The van der Waals surface area contributed by atoms with Crippen molar-refractivity contribution in [3.8, 4) is 0 Å². The van der Waals surface area contributed by atoms with Crippen molar-refractivity contribution >= 4 is 0 Å². The van der Waals surface area contributed by atoms with Gasteiger partial charge < -0.3 is 11.5 Å². The number of hydrogen-bond acceptors (Lipinski definition) is 2. The van der Waals surface area contributed by atoms with Crippen molar-refractivity contribution in [2.45, 2.75) is 116 Å². The molecule has 1 saturated carbocycles. The van der Waals surface area contributed by atoms with Crippen LogP contribution in [0.15, 0.2) is 0 Å². The van der Waals surface area contributed by atoms with E-state index in [1.807, 2.05) is 0 Å². The SMILES string of the molecule is CCCCCCCCCCCCCN.NC1CCCCC1. The van der Waals surface area contributed by atoms with Gasteiger partial charge in [0.25, 0.3) is 0 Å². The average Bonchev–Trinajstić information content (AvgIpc) is 2.51. The van der Waals surface area contributed by atoms with Crippen LogP contribution in [0.2, 0.25) is 0 Å². The summed E-state index contributed by atoms with van der Waals surface area (Å²) in [5, 5.41) is 0. The van der Waals surface area contributed by atoms with Gasteiger partial charge in [0, 0.05) is 6.04 Å². The summed E-state index contributed by atoms with van der Waals surface area (Å²) in [6, 6.07) is 0.536. The Balaban J connectivity index is 0.000000471. The fourth-order valence-corrected chi connectivity index (χ4v) is 2.94. The minimum atomic E-state index is 0.536. The molecule has 0 aliphatic heterocycles. The zero-order valence-corrected chi connectivity index (χ0v) is 14.8. The molecule has 1 aliphatic rings. The van der Waals surface area contributed by atoms with Crippen LogP contribution >= 0.6 is 0 Å². The predicted octanol–water partition coefficient (Wildman–Crippen LogP) is 5.53. The molecule has 0 spiro atoms. The van der Waals surface area contributed by atoms with Crippen molar-refractivity contribution in [3.05, 3.63) is 0 Å². The highest BCUT2D eigenvalue weighted by molar-refractivity contribution is 4.66. The maximum atomic E-state index is 5.63. The minimum Gasteiger partial charge on any atom is -0.330 e. The van der Waals surface area contributed by atoms with E-state index in [2.05, 4.69) is 6.92 Å². The second-order valence-corrected chi connectivity index (χ2v) is 6.72. The molecule has 0 aromatic carbocycles. The standard InChI is InChI=1S/C13H29N.C6H13N/c1-2-3-4-5-6-7-8-9-10-11-12-13-14;7-6-4-2-1-3-5-6/h2-14H2,1H3;6H,1-5,7H2. The Bertz CT molecular complexity index is 164. The summed E-state index contributed by atoms with van der Waals surface area (Å²) in [5.74, 6) is 0. The Hall–Kier alpha value is -0.0800. The molecule has 1 aliphatic carbocycles. The normalized spacial score (nSPS) is 15.6. The highest BCUT2D eigenvalue weighted by Gasteiger charge is 2.06. The van der Waals surface area contributed by atoms with E-state index in [0.717, 1.165) is 6.54 Å². The van der Waals surface area contributed by atoms with Crippen molar-refractivity contribution in [2.75, 3.05) is 6.54 Å². The predicted molar refractivity (Wildman–Crippen MR) is 96.6 cm³/mol. The first-order valence-corrected chi connectivity index (χ1v) is 9.77. The first-order chi connectivity index (χ1) is 10.3. The second kappa shape index (κ2) is 18.0. The van der Waals surface area contributed by atoms with Crippen LogP contribution < -0.4 is 11.5 Å². The third kappa shape index (κ3) is 17.9. The van der Waals surface area contributed by atoms with Crippen LogP contribution in [0.25, 0.3) is 0 Å². The lowest BCUT2D eigenvalue weighted by Crippen LogP contribution is -2.22. The van der Waals surface area contributed by atoms with Gasteiger partial charge in [0.2, 0.25) is 0 Å². The van der Waals surface area contributed by atoms with E-state index in [1.165, 1.54) is 103 Å². The van der Waals surface area contributed by atoms with Gasteiger partial charge in [0.15, 0.2) is 0 Å². The molecule has 4 N–H and O–H groups in total. The molecule has 1 rings (SSSR count). The smallest absolute Gasteiger partial charge is 0.00388 e. The molecule has 0 amide bonds. The van der Waals surface area contributed by atoms with Gasteiger partial charge in [-0.2, -0.15) is 0 Å². The highest BCUT2D eigenvalue weighted by Crippen LogP contribution is 2.14. The van der Waals surface area contributed by atoms with Crippen LogP contribution in [0.4, 0.5) is 0 Å². The number of hydrogen-bond donors (Lipinski definition) is 2. The molecule has 0 bridgehead atoms. The van der Waals surface area contributed by atoms with E-state index in [1.54, 1.807) is 0 Å². The van der Waals surface area contributed by atoms with Gasteiger partial charge in [-0.05, 0) is 25.8 Å². The summed E-state index contributed by atoms with van der Waals surface area (Å²) >= 11 is 0. The fraction of sp³-hybridized carbons (Fsp3) is 1.00. The fourth-order valence-electron chi connectivity index (χ4n) is 2.94. The molecular formula is C19H42N2. The van der Waals surface area contributed by atoms with Crippen LogP contribution in [-0.2, 0) is 0 Å². The zero-order chi connectivity index (χ0) is 15.6. The summed E-state index contributed by atoms with van der Waals surface area (Å²) in [4.78, 5) is 0. The van der Waals surface area contributed by atoms with Crippen LogP contribution in [-0.4, -0.2) is 12.6 Å². The topological polar surface area (TPSA) is 52.0 Å². The number of nitrogens with two attached hydrogens (primary N) is 2. The van der Waals surface area contributed by atoms with Crippen LogP contribution in [0.5, 0.6) is 0 Å². The average molecular weight is 299 g/mol. The summed E-state index contributed by atoms with van der Waals surface area (Å²) in [6.07, 6.45) is 22.1. The van der Waals surface area contributed by atoms with Gasteiger partial charge in [0.1, 0.15) is 0 Å². The number of rotatable bonds is 11. The van der Waals surface area contributed by atoms with E-state index in [4.69, 9.17) is 11.5 Å². The molecule has 128 valence electrons. The lowest BCUT2D eigenvalue weighted by molar-refractivity contribution is 0.441. The lowest BCUT2D eigenvalue weighted by atomic mass is 9.97. The van der Waals surface area contributed by atoms with E-state index in [-0.39, 0.29) is 0 Å². The quantitative estimate of drug-likeness (QED) is 0.492. The molecule has 2 heteroatoms. The largest absolute Gasteiger partial charge is 0.330 e. The molecule has 0 atom stereocenters. The van der Waals surface area contributed by atoms with Crippen molar-refractivity contribution < 1.29 is 0 Å². The maximum Gasteiger partial charge on any atom is 0.00388 e.